The van der Waals surface area contributed by atoms with E-state index in [-0.39, 0.29) is 11.4 Å². The van der Waals surface area contributed by atoms with Gasteiger partial charge in [-0.15, -0.1) is 11.8 Å². The van der Waals surface area contributed by atoms with E-state index in [1.54, 1.807) is 36.4 Å². The van der Waals surface area contributed by atoms with Crippen LogP contribution in [0.5, 0.6) is 0 Å². The van der Waals surface area contributed by atoms with Gasteiger partial charge in [0, 0.05) is 22.7 Å². The maximum Gasteiger partial charge on any atom is 0.317 e. The summed E-state index contributed by atoms with van der Waals surface area (Å²) in [5.74, 6) is -0.959. The topological polar surface area (TPSA) is 98.5 Å². The second kappa shape index (κ2) is 8.84. The summed E-state index contributed by atoms with van der Waals surface area (Å²) in [7, 11) is 0. The van der Waals surface area contributed by atoms with Gasteiger partial charge in [-0.1, -0.05) is 18.2 Å². The van der Waals surface area contributed by atoms with Gasteiger partial charge in [0.2, 0.25) is 0 Å². The Hall–Kier alpha value is -2.87. The van der Waals surface area contributed by atoms with E-state index in [2.05, 4.69) is 5.32 Å². The predicted molar refractivity (Wildman–Crippen MR) is 94.4 cm³/mol. The number of nitro groups is 1. The Morgan fingerprint density at radius 2 is 1.80 bits per heavy atom. The first kappa shape index (κ1) is 18.5. The minimum Gasteiger partial charge on any atom is -0.452 e. The summed E-state index contributed by atoms with van der Waals surface area (Å²) in [6.07, 6.45) is -0.926. The molecule has 2 aromatic carbocycles. The van der Waals surface area contributed by atoms with Gasteiger partial charge in [-0.3, -0.25) is 19.7 Å². The highest BCUT2D eigenvalue weighted by Crippen LogP contribution is 2.21. The summed E-state index contributed by atoms with van der Waals surface area (Å²) in [5, 5.41) is 13.2. The quantitative estimate of drug-likeness (QED) is 0.352. The standard InChI is InChI=1S/C17H16N2O5S/c1-12(17(21)18-13-5-3-2-4-6-13)24-16(20)11-25-15-9-7-14(8-10-15)19(22)23/h2-10,12H,11H2,1H3,(H,18,21)/t12-/m0/s1. The highest BCUT2D eigenvalue weighted by atomic mass is 32.2. The number of esters is 1. The Kier molecular flexibility index (Phi) is 6.53. The lowest BCUT2D eigenvalue weighted by molar-refractivity contribution is -0.384. The number of carbonyl (C=O) groups is 2. The Labute approximate surface area is 148 Å². The molecule has 0 radical (unpaired) electrons. The molecule has 1 amide bonds. The van der Waals surface area contributed by atoms with Crippen molar-refractivity contribution < 1.29 is 19.2 Å². The monoisotopic (exact) mass is 360 g/mol. The number of hydrogen-bond donors (Lipinski definition) is 1. The highest BCUT2D eigenvalue weighted by molar-refractivity contribution is 8.00. The third kappa shape index (κ3) is 5.92. The zero-order chi connectivity index (χ0) is 18.2. The van der Waals surface area contributed by atoms with Crippen LogP contribution < -0.4 is 5.32 Å². The molecule has 0 aliphatic heterocycles. The minimum atomic E-state index is -0.926. The third-order valence-electron chi connectivity index (χ3n) is 3.12. The van der Waals surface area contributed by atoms with Crippen LogP contribution in [-0.4, -0.2) is 28.7 Å². The summed E-state index contributed by atoms with van der Waals surface area (Å²) in [6.45, 7) is 1.49. The minimum absolute atomic E-state index is 0.000762. The Morgan fingerprint density at radius 1 is 1.16 bits per heavy atom. The molecule has 0 aliphatic carbocycles. The molecule has 130 valence electrons. The molecule has 0 aromatic heterocycles. The van der Waals surface area contributed by atoms with Crippen LogP contribution in [0.4, 0.5) is 11.4 Å². The molecule has 7 nitrogen and oxygen atoms in total. The molecule has 0 spiro atoms. The van der Waals surface area contributed by atoms with Gasteiger partial charge >= 0.3 is 5.97 Å². The van der Waals surface area contributed by atoms with Crippen LogP contribution in [0.15, 0.2) is 59.5 Å². The fraction of sp³-hybridized carbons (Fsp3) is 0.176. The number of carbonyl (C=O) groups excluding carboxylic acids is 2. The molecule has 8 heteroatoms. The number of amides is 1. The van der Waals surface area contributed by atoms with Crippen LogP contribution in [0.3, 0.4) is 0 Å². The number of ether oxygens (including phenoxy) is 1. The van der Waals surface area contributed by atoms with Crippen molar-refractivity contribution in [3.8, 4) is 0 Å². The number of nitrogens with zero attached hydrogens (tertiary/aromatic N) is 1. The normalized spacial score (nSPS) is 11.4. The molecule has 2 aromatic rings. The molecule has 0 bridgehead atoms. The molecule has 25 heavy (non-hydrogen) atoms. The summed E-state index contributed by atoms with van der Waals surface area (Å²) in [5.41, 5.74) is 0.605. The third-order valence-corrected chi connectivity index (χ3v) is 4.11. The van der Waals surface area contributed by atoms with Crippen LogP contribution >= 0.6 is 11.8 Å². The van der Waals surface area contributed by atoms with E-state index in [0.717, 1.165) is 0 Å². The van der Waals surface area contributed by atoms with Gasteiger partial charge in [0.15, 0.2) is 6.10 Å². The van der Waals surface area contributed by atoms with Crippen molar-refractivity contribution in [3.05, 3.63) is 64.7 Å². The largest absolute Gasteiger partial charge is 0.452 e. The number of nitro benzene ring substituents is 1. The van der Waals surface area contributed by atoms with Crippen LogP contribution in [0.25, 0.3) is 0 Å². The molecule has 1 N–H and O–H groups in total. The van der Waals surface area contributed by atoms with Crippen molar-refractivity contribution >= 4 is 35.0 Å². The van der Waals surface area contributed by atoms with Gasteiger partial charge in [0.05, 0.1) is 10.7 Å². The predicted octanol–water partition coefficient (Wildman–Crippen LogP) is 3.26. The molecule has 0 heterocycles. The van der Waals surface area contributed by atoms with Crippen molar-refractivity contribution in [2.75, 3.05) is 11.1 Å². The zero-order valence-electron chi connectivity index (χ0n) is 13.4. The van der Waals surface area contributed by atoms with E-state index in [1.165, 1.54) is 30.8 Å². The lowest BCUT2D eigenvalue weighted by Gasteiger charge is -2.13. The van der Waals surface area contributed by atoms with E-state index < -0.39 is 22.9 Å². The van der Waals surface area contributed by atoms with Crippen molar-refractivity contribution in [2.24, 2.45) is 0 Å². The van der Waals surface area contributed by atoms with Gasteiger partial charge < -0.3 is 10.1 Å². The van der Waals surface area contributed by atoms with Gasteiger partial charge in [-0.25, -0.2) is 0 Å². The summed E-state index contributed by atoms with van der Waals surface area (Å²) in [4.78, 5) is 34.6. The molecule has 0 fully saturated rings. The molecule has 0 unspecified atom stereocenters. The number of non-ortho nitro benzene ring substituents is 1. The number of para-hydroxylation sites is 1. The lowest BCUT2D eigenvalue weighted by atomic mass is 10.3. The summed E-state index contributed by atoms with van der Waals surface area (Å²) >= 11 is 1.18. The molecule has 0 aliphatic rings. The lowest BCUT2D eigenvalue weighted by Crippen LogP contribution is -2.30. The van der Waals surface area contributed by atoms with Crippen molar-refractivity contribution in [3.63, 3.8) is 0 Å². The molecule has 0 saturated heterocycles. The van der Waals surface area contributed by atoms with E-state index in [1.807, 2.05) is 6.07 Å². The number of rotatable bonds is 7. The molecular weight excluding hydrogens is 344 g/mol. The first-order valence-corrected chi connectivity index (χ1v) is 8.37. The van der Waals surface area contributed by atoms with E-state index >= 15 is 0 Å². The molecular formula is C17H16N2O5S. The number of anilines is 1. The van der Waals surface area contributed by atoms with Gasteiger partial charge in [0.25, 0.3) is 11.6 Å². The van der Waals surface area contributed by atoms with Crippen molar-refractivity contribution in [1.29, 1.82) is 0 Å². The first-order valence-electron chi connectivity index (χ1n) is 7.38. The van der Waals surface area contributed by atoms with Crippen LogP contribution in [0.2, 0.25) is 0 Å². The van der Waals surface area contributed by atoms with E-state index in [0.29, 0.717) is 10.6 Å². The fourth-order valence-electron chi connectivity index (χ4n) is 1.86. The second-order valence-corrected chi connectivity index (χ2v) is 6.08. The fourth-order valence-corrected chi connectivity index (χ4v) is 2.54. The van der Waals surface area contributed by atoms with E-state index in [9.17, 15) is 19.7 Å². The second-order valence-electron chi connectivity index (χ2n) is 5.03. The van der Waals surface area contributed by atoms with Crippen LogP contribution in [-0.2, 0) is 14.3 Å². The average molecular weight is 360 g/mol. The maximum atomic E-state index is 12.0. The maximum absolute atomic E-state index is 12.0. The van der Waals surface area contributed by atoms with Gasteiger partial charge in [0.1, 0.15) is 0 Å². The van der Waals surface area contributed by atoms with E-state index in [4.69, 9.17) is 4.74 Å². The Morgan fingerprint density at radius 3 is 2.40 bits per heavy atom. The number of benzene rings is 2. The molecule has 1 atom stereocenters. The number of hydrogen-bond acceptors (Lipinski definition) is 6. The Balaban J connectivity index is 1.79. The average Bonchev–Trinajstić information content (AvgIpc) is 2.61. The highest BCUT2D eigenvalue weighted by Gasteiger charge is 2.18. The smallest absolute Gasteiger partial charge is 0.317 e. The zero-order valence-corrected chi connectivity index (χ0v) is 14.2. The van der Waals surface area contributed by atoms with Crippen LogP contribution in [0.1, 0.15) is 6.92 Å². The van der Waals surface area contributed by atoms with Gasteiger partial charge in [-0.05, 0) is 31.2 Å². The van der Waals surface area contributed by atoms with Crippen LogP contribution in [0, 0.1) is 10.1 Å². The molecule has 2 rings (SSSR count). The number of thioether (sulfide) groups is 1. The first-order chi connectivity index (χ1) is 12.0. The summed E-state index contributed by atoms with van der Waals surface area (Å²) in [6, 6.07) is 14.7. The molecule has 0 saturated carbocycles. The number of nitrogens with one attached hydrogen (secondary N) is 1. The Bertz CT molecular complexity index is 749. The van der Waals surface area contributed by atoms with Crippen molar-refractivity contribution in [2.45, 2.75) is 17.9 Å². The SMILES string of the molecule is C[C@H](OC(=O)CSc1ccc([N+](=O)[O-])cc1)C(=O)Nc1ccccc1. The summed E-state index contributed by atoms with van der Waals surface area (Å²) < 4.78 is 5.09. The van der Waals surface area contributed by atoms with Gasteiger partial charge in [-0.2, -0.15) is 0 Å². The van der Waals surface area contributed by atoms with Crippen molar-refractivity contribution in [1.82, 2.24) is 0 Å².